The smallest absolute Gasteiger partial charge is 0.235 e. The van der Waals surface area contributed by atoms with E-state index in [9.17, 15) is 0 Å². The van der Waals surface area contributed by atoms with Crippen molar-refractivity contribution in [3.63, 3.8) is 0 Å². The summed E-state index contributed by atoms with van der Waals surface area (Å²) in [4.78, 5) is 0.777. The zero-order valence-corrected chi connectivity index (χ0v) is 15.2. The van der Waals surface area contributed by atoms with Gasteiger partial charge >= 0.3 is 0 Å². The van der Waals surface area contributed by atoms with Gasteiger partial charge in [0.05, 0.1) is 0 Å². The molecular weight excluding hydrogens is 344 g/mol. The number of para-hydroxylation sites is 1. The van der Waals surface area contributed by atoms with Gasteiger partial charge < -0.3 is 4.42 Å². The highest BCUT2D eigenvalue weighted by molar-refractivity contribution is 7.16. The average Bonchev–Trinajstić information content (AvgIpc) is 3.31. The zero-order valence-electron chi connectivity index (χ0n) is 14.4. The number of hydrogen-bond donors (Lipinski definition) is 0. The van der Waals surface area contributed by atoms with Crippen molar-refractivity contribution in [2.75, 3.05) is 0 Å². The molecule has 5 nitrogen and oxygen atoms in total. The van der Waals surface area contributed by atoms with Crippen molar-refractivity contribution >= 4 is 27.3 Å². The fourth-order valence-electron chi connectivity index (χ4n) is 3.06. The van der Waals surface area contributed by atoms with Gasteiger partial charge in [-0.1, -0.05) is 47.7 Å². The van der Waals surface area contributed by atoms with Crippen LogP contribution in [0.1, 0.15) is 21.7 Å². The summed E-state index contributed by atoms with van der Waals surface area (Å²) in [6.07, 6.45) is 0.786. The van der Waals surface area contributed by atoms with Crippen molar-refractivity contribution in [2.24, 2.45) is 0 Å². The SMILES string of the molecule is Cc1ccc(Cc2nn3c(-c4cc5ccccc5o4)nnc3s2)cc1C. The third-order valence-corrected chi connectivity index (χ3v) is 5.50. The summed E-state index contributed by atoms with van der Waals surface area (Å²) in [7, 11) is 0. The number of rotatable bonds is 3. The molecule has 0 saturated heterocycles. The Hall–Kier alpha value is -2.99. The number of furan rings is 1. The van der Waals surface area contributed by atoms with Crippen molar-refractivity contribution in [1.82, 2.24) is 19.8 Å². The van der Waals surface area contributed by atoms with Crippen molar-refractivity contribution in [1.29, 1.82) is 0 Å². The van der Waals surface area contributed by atoms with E-state index in [0.717, 1.165) is 27.4 Å². The Morgan fingerprint density at radius 3 is 2.73 bits per heavy atom. The van der Waals surface area contributed by atoms with Crippen molar-refractivity contribution in [3.8, 4) is 11.6 Å². The number of fused-ring (bicyclic) bond motifs is 2. The van der Waals surface area contributed by atoms with E-state index in [4.69, 9.17) is 9.52 Å². The van der Waals surface area contributed by atoms with Crippen LogP contribution < -0.4 is 0 Å². The first-order valence-corrected chi connectivity index (χ1v) is 9.25. The molecule has 0 bridgehead atoms. The first-order chi connectivity index (χ1) is 12.7. The van der Waals surface area contributed by atoms with Crippen LogP contribution in [-0.2, 0) is 6.42 Å². The Balaban J connectivity index is 1.53. The maximum atomic E-state index is 5.92. The molecule has 0 N–H and O–H groups in total. The quantitative estimate of drug-likeness (QED) is 0.463. The maximum absolute atomic E-state index is 5.92. The largest absolute Gasteiger partial charge is 0.453 e. The molecule has 5 rings (SSSR count). The molecule has 0 saturated carbocycles. The van der Waals surface area contributed by atoms with Gasteiger partial charge in [0, 0.05) is 11.8 Å². The van der Waals surface area contributed by atoms with Gasteiger partial charge in [0.25, 0.3) is 0 Å². The molecule has 3 heterocycles. The van der Waals surface area contributed by atoms with Crippen LogP contribution in [0.2, 0.25) is 0 Å². The maximum Gasteiger partial charge on any atom is 0.235 e. The molecule has 0 unspecified atom stereocenters. The Bertz CT molecular complexity index is 1210. The highest BCUT2D eigenvalue weighted by Gasteiger charge is 2.17. The molecule has 26 heavy (non-hydrogen) atoms. The average molecular weight is 360 g/mol. The second-order valence-electron chi connectivity index (χ2n) is 6.46. The summed E-state index contributed by atoms with van der Waals surface area (Å²) in [6, 6.07) is 16.4. The van der Waals surface area contributed by atoms with Crippen LogP contribution in [0, 0.1) is 13.8 Å². The highest BCUT2D eigenvalue weighted by Crippen LogP contribution is 2.28. The van der Waals surface area contributed by atoms with E-state index in [0.29, 0.717) is 11.6 Å². The molecule has 0 spiro atoms. The van der Waals surface area contributed by atoms with Crippen LogP contribution in [0.5, 0.6) is 0 Å². The molecular formula is C20H16N4OS. The molecule has 0 fully saturated rings. The highest BCUT2D eigenvalue weighted by atomic mass is 32.1. The first kappa shape index (κ1) is 15.3. The summed E-state index contributed by atoms with van der Waals surface area (Å²) in [5, 5.41) is 15.3. The van der Waals surface area contributed by atoms with Gasteiger partial charge in [0.1, 0.15) is 10.6 Å². The van der Waals surface area contributed by atoms with E-state index in [1.165, 1.54) is 16.7 Å². The lowest BCUT2D eigenvalue weighted by Gasteiger charge is -2.02. The first-order valence-electron chi connectivity index (χ1n) is 8.43. The molecule has 5 aromatic rings. The molecule has 0 radical (unpaired) electrons. The minimum Gasteiger partial charge on any atom is -0.453 e. The Morgan fingerprint density at radius 2 is 1.88 bits per heavy atom. The minimum atomic E-state index is 0.638. The van der Waals surface area contributed by atoms with Gasteiger partial charge in [-0.15, -0.1) is 10.2 Å². The summed E-state index contributed by atoms with van der Waals surface area (Å²) in [5.74, 6) is 1.32. The summed E-state index contributed by atoms with van der Waals surface area (Å²) in [6.45, 7) is 4.26. The van der Waals surface area contributed by atoms with E-state index in [-0.39, 0.29) is 0 Å². The monoisotopic (exact) mass is 360 g/mol. The van der Waals surface area contributed by atoms with Gasteiger partial charge in [-0.2, -0.15) is 9.61 Å². The molecule has 2 aromatic carbocycles. The Kier molecular flexibility index (Phi) is 3.39. The molecule has 128 valence electrons. The Labute approximate surface area is 153 Å². The van der Waals surface area contributed by atoms with Gasteiger partial charge in [0.15, 0.2) is 5.76 Å². The second kappa shape index (κ2) is 5.78. The molecule has 0 aliphatic heterocycles. The van der Waals surface area contributed by atoms with Gasteiger partial charge in [0.2, 0.25) is 10.8 Å². The standard InChI is InChI=1S/C20H16N4OS/c1-12-7-8-14(9-13(12)2)10-18-23-24-19(21-22-20(24)26-18)17-11-15-5-3-4-6-16(15)25-17/h3-9,11H,10H2,1-2H3. The fourth-order valence-corrected chi connectivity index (χ4v) is 3.93. The van der Waals surface area contributed by atoms with Crippen LogP contribution >= 0.6 is 11.3 Å². The lowest BCUT2D eigenvalue weighted by Crippen LogP contribution is -1.94. The van der Waals surface area contributed by atoms with Crippen LogP contribution in [0.15, 0.2) is 52.9 Å². The number of benzene rings is 2. The lowest BCUT2D eigenvalue weighted by molar-refractivity contribution is 0.621. The number of hydrogen-bond acceptors (Lipinski definition) is 5. The lowest BCUT2D eigenvalue weighted by atomic mass is 10.0. The molecule has 0 aliphatic carbocycles. The number of aryl methyl sites for hydroxylation is 2. The predicted molar refractivity (Wildman–Crippen MR) is 103 cm³/mol. The molecule has 0 atom stereocenters. The van der Waals surface area contributed by atoms with Crippen LogP contribution in [0.25, 0.3) is 27.5 Å². The van der Waals surface area contributed by atoms with Gasteiger partial charge in [-0.3, -0.25) is 0 Å². The third-order valence-electron chi connectivity index (χ3n) is 4.61. The van der Waals surface area contributed by atoms with E-state index < -0.39 is 0 Å². The zero-order chi connectivity index (χ0) is 17.7. The molecule has 0 amide bonds. The minimum absolute atomic E-state index is 0.638. The van der Waals surface area contributed by atoms with Crippen LogP contribution in [0.4, 0.5) is 0 Å². The van der Waals surface area contributed by atoms with Crippen molar-refractivity contribution < 1.29 is 4.42 Å². The normalized spacial score (nSPS) is 11.6. The van der Waals surface area contributed by atoms with Crippen LogP contribution in [-0.4, -0.2) is 19.8 Å². The predicted octanol–water partition coefficient (Wildman–Crippen LogP) is 4.81. The van der Waals surface area contributed by atoms with Crippen LogP contribution in [0.3, 0.4) is 0 Å². The topological polar surface area (TPSA) is 56.2 Å². The second-order valence-corrected chi connectivity index (χ2v) is 7.50. The Morgan fingerprint density at radius 1 is 1.00 bits per heavy atom. The van der Waals surface area contributed by atoms with E-state index in [1.807, 2.05) is 30.3 Å². The van der Waals surface area contributed by atoms with Crippen molar-refractivity contribution in [3.05, 3.63) is 70.2 Å². The molecule has 3 aromatic heterocycles. The summed E-state index contributed by atoms with van der Waals surface area (Å²) >= 11 is 1.56. The number of nitrogens with zero attached hydrogens (tertiary/aromatic N) is 4. The summed E-state index contributed by atoms with van der Waals surface area (Å²) < 4.78 is 7.69. The number of aromatic nitrogens is 4. The molecule has 0 aliphatic rings. The van der Waals surface area contributed by atoms with E-state index in [1.54, 1.807) is 15.9 Å². The van der Waals surface area contributed by atoms with E-state index >= 15 is 0 Å². The van der Waals surface area contributed by atoms with Gasteiger partial charge in [-0.05, 0) is 42.7 Å². The van der Waals surface area contributed by atoms with Gasteiger partial charge in [-0.25, -0.2) is 0 Å². The fraction of sp³-hybridized carbons (Fsp3) is 0.150. The van der Waals surface area contributed by atoms with E-state index in [2.05, 4.69) is 42.2 Å². The molecule has 6 heteroatoms. The third kappa shape index (κ3) is 2.50. The van der Waals surface area contributed by atoms with Crippen molar-refractivity contribution in [2.45, 2.75) is 20.3 Å². The summed E-state index contributed by atoms with van der Waals surface area (Å²) in [5.41, 5.74) is 4.70.